The first-order chi connectivity index (χ1) is 22.9. The summed E-state index contributed by atoms with van der Waals surface area (Å²) in [7, 11) is 3.48. The lowest BCUT2D eigenvalue weighted by atomic mass is 10.0. The van der Waals surface area contributed by atoms with Gasteiger partial charge >= 0.3 is 0 Å². The maximum Gasteiger partial charge on any atom is 0.213 e. The Morgan fingerprint density at radius 3 is 2.66 bits per heavy atom. The maximum atomic E-state index is 16.0. The zero-order chi connectivity index (χ0) is 32.5. The Kier molecular flexibility index (Phi) is 8.90. The number of nitrogens with one attached hydrogen (secondary N) is 1. The minimum atomic E-state index is -0.383. The Labute approximate surface area is 275 Å². The molecule has 2 atom stereocenters. The molecule has 3 aromatic heterocycles. The highest BCUT2D eigenvalue weighted by molar-refractivity contribution is 5.92. The lowest BCUT2D eigenvalue weighted by Crippen LogP contribution is -2.48. The SMILES string of the molecule is CNc1ccc(N2CCCC(N(Cc3ccnc(OC)c3)Cc3cn4c5c(c(N6CCCCC6)c(F)cc5c3=O)OCC4C)C2)cn1. The summed E-state index contributed by atoms with van der Waals surface area (Å²) in [6.45, 7) is 6.87. The van der Waals surface area contributed by atoms with E-state index in [1.807, 2.05) is 37.6 Å². The van der Waals surface area contributed by atoms with Gasteiger partial charge in [0.15, 0.2) is 17.0 Å². The van der Waals surface area contributed by atoms with Crippen LogP contribution in [-0.2, 0) is 13.1 Å². The van der Waals surface area contributed by atoms with Crippen molar-refractivity contribution >= 4 is 28.1 Å². The number of halogens is 1. The van der Waals surface area contributed by atoms with Crippen LogP contribution in [0.5, 0.6) is 11.6 Å². The van der Waals surface area contributed by atoms with Gasteiger partial charge in [-0.3, -0.25) is 9.69 Å². The second-order valence-corrected chi connectivity index (χ2v) is 13.0. The third-order valence-corrected chi connectivity index (χ3v) is 9.94. The molecule has 0 saturated carbocycles. The van der Waals surface area contributed by atoms with Crippen LogP contribution in [0.25, 0.3) is 10.9 Å². The van der Waals surface area contributed by atoms with E-state index in [0.717, 1.165) is 75.4 Å². The normalized spacial score (nSPS) is 19.6. The number of benzene rings is 1. The van der Waals surface area contributed by atoms with Gasteiger partial charge in [-0.15, -0.1) is 0 Å². The van der Waals surface area contributed by atoms with Gasteiger partial charge in [0.25, 0.3) is 0 Å². The molecule has 47 heavy (non-hydrogen) atoms. The van der Waals surface area contributed by atoms with Crippen LogP contribution in [0.3, 0.4) is 0 Å². The molecule has 3 aliphatic heterocycles. The average molecular weight is 642 g/mol. The Morgan fingerprint density at radius 1 is 1.06 bits per heavy atom. The lowest BCUT2D eigenvalue weighted by Gasteiger charge is -2.40. The van der Waals surface area contributed by atoms with Gasteiger partial charge in [-0.2, -0.15) is 0 Å². The van der Waals surface area contributed by atoms with Crippen molar-refractivity contribution in [1.82, 2.24) is 19.4 Å². The van der Waals surface area contributed by atoms with E-state index in [2.05, 4.69) is 47.5 Å². The van der Waals surface area contributed by atoms with E-state index >= 15 is 4.39 Å². The van der Waals surface area contributed by atoms with E-state index < -0.39 is 0 Å². The first kappa shape index (κ1) is 31.2. The number of rotatable bonds is 9. The molecule has 0 amide bonds. The number of aromatic nitrogens is 3. The van der Waals surface area contributed by atoms with Crippen molar-refractivity contribution < 1.29 is 13.9 Å². The van der Waals surface area contributed by atoms with Crippen LogP contribution in [0.4, 0.5) is 21.6 Å². The van der Waals surface area contributed by atoms with Crippen molar-refractivity contribution in [3.8, 4) is 11.6 Å². The quantitative estimate of drug-likeness (QED) is 0.251. The van der Waals surface area contributed by atoms with Gasteiger partial charge in [0.2, 0.25) is 5.88 Å². The fourth-order valence-electron chi connectivity index (χ4n) is 7.43. The molecular weight excluding hydrogens is 597 g/mol. The van der Waals surface area contributed by atoms with E-state index in [4.69, 9.17) is 9.47 Å². The third kappa shape index (κ3) is 6.20. The number of ether oxygens (including phenoxy) is 2. The van der Waals surface area contributed by atoms with Gasteiger partial charge in [0, 0.05) is 76.4 Å². The van der Waals surface area contributed by atoms with Crippen LogP contribution < -0.4 is 30.0 Å². The topological polar surface area (TPSA) is 88.0 Å². The summed E-state index contributed by atoms with van der Waals surface area (Å²) >= 11 is 0. The van der Waals surface area contributed by atoms with Gasteiger partial charge in [-0.1, -0.05) is 0 Å². The molecule has 1 aromatic carbocycles. The lowest BCUT2D eigenvalue weighted by molar-refractivity contribution is 0.157. The predicted octanol–water partition coefficient (Wildman–Crippen LogP) is 5.60. The molecule has 3 aliphatic rings. The van der Waals surface area contributed by atoms with E-state index in [9.17, 15) is 4.79 Å². The Hall–Kier alpha value is -4.38. The molecule has 248 valence electrons. The molecule has 0 bridgehead atoms. The van der Waals surface area contributed by atoms with Gasteiger partial charge in [-0.05, 0) is 68.9 Å². The van der Waals surface area contributed by atoms with Crippen LogP contribution in [0, 0.1) is 5.82 Å². The molecule has 7 rings (SSSR count). The zero-order valence-corrected chi connectivity index (χ0v) is 27.5. The summed E-state index contributed by atoms with van der Waals surface area (Å²) in [5.41, 5.74) is 3.84. The van der Waals surface area contributed by atoms with Crippen molar-refractivity contribution in [3.63, 3.8) is 0 Å². The van der Waals surface area contributed by atoms with Gasteiger partial charge in [-0.25, -0.2) is 14.4 Å². The highest BCUT2D eigenvalue weighted by Gasteiger charge is 2.31. The highest BCUT2D eigenvalue weighted by atomic mass is 19.1. The van der Waals surface area contributed by atoms with Gasteiger partial charge in [0.05, 0.1) is 35.9 Å². The van der Waals surface area contributed by atoms with E-state index in [1.165, 1.54) is 6.07 Å². The van der Waals surface area contributed by atoms with E-state index in [0.29, 0.717) is 53.5 Å². The number of hydrogen-bond acceptors (Lipinski definition) is 9. The number of piperidine rings is 2. The van der Waals surface area contributed by atoms with Crippen molar-refractivity contribution in [3.05, 3.63) is 76.1 Å². The smallest absolute Gasteiger partial charge is 0.213 e. The predicted molar refractivity (Wildman–Crippen MR) is 183 cm³/mol. The highest BCUT2D eigenvalue weighted by Crippen LogP contribution is 2.42. The number of nitrogens with zero attached hydrogens (tertiary/aromatic N) is 6. The first-order valence-electron chi connectivity index (χ1n) is 16.8. The molecule has 4 aromatic rings. The summed E-state index contributed by atoms with van der Waals surface area (Å²) < 4.78 is 29.8. The van der Waals surface area contributed by atoms with Crippen LogP contribution >= 0.6 is 0 Å². The standard InChI is InChI=1S/C36H44FN7O3/c1-24-23-47-36-33-29(17-30(37)34(36)41-13-5-4-6-14-41)35(45)26(21-44(24)33)20-43(19-25-11-12-39-32(16-25)46-3)28-8-7-15-42(22-28)27-9-10-31(38-2)40-18-27/h9-12,16-18,21,24,28H,4-8,13-15,19-20,22-23H2,1-3H3,(H,38,40). The summed E-state index contributed by atoms with van der Waals surface area (Å²) in [6, 6.07) is 9.67. The molecule has 1 N–H and O–H groups in total. The second kappa shape index (κ2) is 13.4. The molecule has 0 aliphatic carbocycles. The molecule has 6 heterocycles. The third-order valence-electron chi connectivity index (χ3n) is 9.94. The Bertz CT molecular complexity index is 1790. The van der Waals surface area contributed by atoms with Crippen molar-refractivity contribution in [2.24, 2.45) is 0 Å². The van der Waals surface area contributed by atoms with Gasteiger partial charge < -0.3 is 29.2 Å². The fraction of sp³-hybridized carbons (Fsp3) is 0.472. The summed E-state index contributed by atoms with van der Waals surface area (Å²) in [6.07, 6.45) is 10.9. The summed E-state index contributed by atoms with van der Waals surface area (Å²) in [5.74, 6) is 1.51. The van der Waals surface area contributed by atoms with Crippen LogP contribution in [-0.4, -0.2) is 72.4 Å². The number of anilines is 3. The van der Waals surface area contributed by atoms with E-state index in [1.54, 1.807) is 13.3 Å². The molecule has 11 heteroatoms. The van der Waals surface area contributed by atoms with Crippen molar-refractivity contribution in [2.45, 2.75) is 64.2 Å². The molecule has 2 saturated heterocycles. The maximum absolute atomic E-state index is 16.0. The molecule has 0 spiro atoms. The largest absolute Gasteiger partial charge is 0.487 e. The molecule has 2 fully saturated rings. The number of hydrogen-bond donors (Lipinski definition) is 1. The first-order valence-corrected chi connectivity index (χ1v) is 16.8. The fourth-order valence-corrected chi connectivity index (χ4v) is 7.43. The van der Waals surface area contributed by atoms with Crippen LogP contribution in [0.1, 0.15) is 56.2 Å². The van der Waals surface area contributed by atoms with Crippen molar-refractivity contribution in [2.75, 3.05) is 62.1 Å². The van der Waals surface area contributed by atoms with Crippen LogP contribution in [0.15, 0.2) is 53.7 Å². The molecule has 0 radical (unpaired) electrons. The molecule has 10 nitrogen and oxygen atoms in total. The Balaban J connectivity index is 1.27. The number of methoxy groups -OCH3 is 1. The van der Waals surface area contributed by atoms with Crippen molar-refractivity contribution in [1.29, 1.82) is 0 Å². The zero-order valence-electron chi connectivity index (χ0n) is 27.5. The Morgan fingerprint density at radius 2 is 1.89 bits per heavy atom. The minimum absolute atomic E-state index is 0.000167. The van der Waals surface area contributed by atoms with Gasteiger partial charge in [0.1, 0.15) is 18.1 Å². The minimum Gasteiger partial charge on any atom is -0.487 e. The number of pyridine rings is 3. The van der Waals surface area contributed by atoms with E-state index in [-0.39, 0.29) is 23.3 Å². The summed E-state index contributed by atoms with van der Waals surface area (Å²) in [5, 5.41) is 3.47. The average Bonchev–Trinajstić information content (AvgIpc) is 3.11. The van der Waals surface area contributed by atoms with Crippen LogP contribution in [0.2, 0.25) is 0 Å². The second-order valence-electron chi connectivity index (χ2n) is 13.0. The summed E-state index contributed by atoms with van der Waals surface area (Å²) in [4.78, 5) is 30.0. The molecular formula is C36H44FN7O3. The molecule has 2 unspecified atom stereocenters. The monoisotopic (exact) mass is 641 g/mol.